The summed E-state index contributed by atoms with van der Waals surface area (Å²) in [5.74, 6) is 0.618. The van der Waals surface area contributed by atoms with Crippen LogP contribution in [0.5, 0.6) is 0 Å². The largest absolute Gasteiger partial charge is 0.341 e. The van der Waals surface area contributed by atoms with Crippen molar-refractivity contribution in [2.24, 2.45) is 0 Å². The molecule has 3 heteroatoms. The molecular weight excluding hydrogens is 106 g/mol. The lowest BCUT2D eigenvalue weighted by Crippen LogP contribution is -1.80. The quantitative estimate of drug-likeness (QED) is 0.469. The van der Waals surface area contributed by atoms with Crippen molar-refractivity contribution in [2.45, 2.75) is 6.42 Å². The van der Waals surface area contributed by atoms with E-state index >= 15 is 0 Å². The van der Waals surface area contributed by atoms with Crippen LogP contribution < -0.4 is 0 Å². The summed E-state index contributed by atoms with van der Waals surface area (Å²) < 4.78 is 0. The Bertz CT molecular complexity index is 145. The molecule has 0 bridgehead atoms. The van der Waals surface area contributed by atoms with Gasteiger partial charge in [-0.3, -0.25) is 0 Å². The summed E-state index contributed by atoms with van der Waals surface area (Å²) in [4.78, 5) is 9.00. The molecule has 3 nitrogen and oxygen atoms in total. The predicted molar refractivity (Wildman–Crippen MR) is 25.3 cm³/mol. The standard InChI is InChI=1S/C5H5NO2/c6-3-1-5-2-4-7-8-5/h2H,1,4H2. The van der Waals surface area contributed by atoms with Crippen LogP contribution >= 0.6 is 0 Å². The van der Waals surface area contributed by atoms with Gasteiger partial charge >= 0.3 is 0 Å². The zero-order chi connectivity index (χ0) is 5.82. The SMILES string of the molecule is N#CCC1=CCOO1. The zero-order valence-corrected chi connectivity index (χ0v) is 4.26. The molecule has 1 rings (SSSR count). The van der Waals surface area contributed by atoms with Gasteiger partial charge in [0.2, 0.25) is 0 Å². The molecule has 0 aromatic heterocycles. The molecule has 0 atom stereocenters. The van der Waals surface area contributed by atoms with Crippen molar-refractivity contribution in [2.75, 3.05) is 6.61 Å². The monoisotopic (exact) mass is 111 g/mol. The third-order valence-corrected chi connectivity index (χ3v) is 0.798. The van der Waals surface area contributed by atoms with Crippen LogP contribution in [0.15, 0.2) is 11.8 Å². The summed E-state index contributed by atoms with van der Waals surface area (Å²) in [7, 11) is 0. The third-order valence-electron chi connectivity index (χ3n) is 0.798. The van der Waals surface area contributed by atoms with E-state index < -0.39 is 0 Å². The molecule has 0 saturated heterocycles. The van der Waals surface area contributed by atoms with Crippen molar-refractivity contribution >= 4 is 0 Å². The number of rotatable bonds is 1. The highest BCUT2D eigenvalue weighted by atomic mass is 17.2. The van der Waals surface area contributed by atoms with Gasteiger partial charge < -0.3 is 4.89 Å². The van der Waals surface area contributed by atoms with Crippen LogP contribution in [0, 0.1) is 11.3 Å². The van der Waals surface area contributed by atoms with E-state index in [0.717, 1.165) is 0 Å². The summed E-state index contributed by atoms with van der Waals surface area (Å²) in [6, 6.07) is 1.94. The van der Waals surface area contributed by atoms with Crippen LogP contribution in [0.3, 0.4) is 0 Å². The number of hydrogen-bond acceptors (Lipinski definition) is 3. The maximum Gasteiger partial charge on any atom is 0.155 e. The zero-order valence-electron chi connectivity index (χ0n) is 4.26. The number of allylic oxidation sites excluding steroid dienone is 1. The molecule has 0 radical (unpaired) electrons. The first-order chi connectivity index (χ1) is 3.93. The van der Waals surface area contributed by atoms with Gasteiger partial charge in [0.25, 0.3) is 0 Å². The van der Waals surface area contributed by atoms with E-state index in [4.69, 9.17) is 5.26 Å². The van der Waals surface area contributed by atoms with Crippen LogP contribution in [0.1, 0.15) is 6.42 Å². The molecule has 8 heavy (non-hydrogen) atoms. The van der Waals surface area contributed by atoms with Gasteiger partial charge in [-0.1, -0.05) is 0 Å². The van der Waals surface area contributed by atoms with Crippen molar-refractivity contribution in [1.29, 1.82) is 5.26 Å². The minimum atomic E-state index is 0.306. The minimum Gasteiger partial charge on any atom is -0.341 e. The van der Waals surface area contributed by atoms with Crippen LogP contribution in [0.25, 0.3) is 0 Å². The molecule has 0 aliphatic carbocycles. The number of nitrogens with zero attached hydrogens (tertiary/aromatic N) is 1. The molecule has 1 aliphatic rings. The Morgan fingerprint density at radius 2 is 2.75 bits per heavy atom. The Morgan fingerprint density at radius 1 is 1.88 bits per heavy atom. The highest BCUT2D eigenvalue weighted by Gasteiger charge is 2.04. The van der Waals surface area contributed by atoms with Crippen molar-refractivity contribution in [3.05, 3.63) is 11.8 Å². The highest BCUT2D eigenvalue weighted by Crippen LogP contribution is 2.08. The fourth-order valence-electron chi connectivity index (χ4n) is 0.450. The number of nitriles is 1. The molecule has 0 aromatic rings. The summed E-state index contributed by atoms with van der Waals surface area (Å²) in [5, 5.41) is 8.10. The molecule has 0 aromatic carbocycles. The Kier molecular flexibility index (Phi) is 1.50. The minimum absolute atomic E-state index is 0.306. The molecule has 0 spiro atoms. The van der Waals surface area contributed by atoms with Crippen molar-refractivity contribution < 1.29 is 9.78 Å². The Balaban J connectivity index is 2.36. The molecular formula is C5H5NO2. The Labute approximate surface area is 47.1 Å². The molecule has 1 heterocycles. The molecule has 1 aliphatic heterocycles. The van der Waals surface area contributed by atoms with Gasteiger partial charge in [-0.05, 0) is 6.08 Å². The van der Waals surface area contributed by atoms with Gasteiger partial charge in [-0.2, -0.15) is 10.1 Å². The predicted octanol–water partition coefficient (Wildman–Crippen LogP) is 0.746. The van der Waals surface area contributed by atoms with Crippen LogP contribution in [0.4, 0.5) is 0 Å². The average Bonchev–Trinajstić information content (AvgIpc) is 2.19. The second-order valence-corrected chi connectivity index (χ2v) is 1.37. The van der Waals surface area contributed by atoms with Crippen LogP contribution in [-0.2, 0) is 9.78 Å². The maximum atomic E-state index is 8.10. The second-order valence-electron chi connectivity index (χ2n) is 1.37. The van der Waals surface area contributed by atoms with Crippen LogP contribution in [-0.4, -0.2) is 6.61 Å². The maximum absolute atomic E-state index is 8.10. The molecule has 0 N–H and O–H groups in total. The van der Waals surface area contributed by atoms with E-state index in [-0.39, 0.29) is 0 Å². The molecule has 0 amide bonds. The first-order valence-corrected chi connectivity index (χ1v) is 2.29. The Morgan fingerprint density at radius 3 is 3.25 bits per heavy atom. The first kappa shape index (κ1) is 5.13. The lowest BCUT2D eigenvalue weighted by atomic mass is 10.4. The fourth-order valence-corrected chi connectivity index (χ4v) is 0.450. The van der Waals surface area contributed by atoms with Gasteiger partial charge in [0.05, 0.1) is 12.5 Å². The molecule has 42 valence electrons. The van der Waals surface area contributed by atoms with Gasteiger partial charge in [0.1, 0.15) is 6.61 Å². The van der Waals surface area contributed by atoms with Gasteiger partial charge in [-0.25, -0.2) is 0 Å². The molecule has 0 fully saturated rings. The van der Waals surface area contributed by atoms with E-state index in [2.05, 4.69) is 9.78 Å². The average molecular weight is 111 g/mol. The lowest BCUT2D eigenvalue weighted by molar-refractivity contribution is -0.234. The smallest absolute Gasteiger partial charge is 0.155 e. The van der Waals surface area contributed by atoms with E-state index in [1.165, 1.54) is 0 Å². The molecule has 0 saturated carbocycles. The van der Waals surface area contributed by atoms with Crippen molar-refractivity contribution in [1.82, 2.24) is 0 Å². The third kappa shape index (κ3) is 0.983. The fraction of sp³-hybridized carbons (Fsp3) is 0.400. The summed E-state index contributed by atoms with van der Waals surface area (Å²) in [6.07, 6.45) is 2.04. The van der Waals surface area contributed by atoms with Crippen LogP contribution in [0.2, 0.25) is 0 Å². The summed E-state index contributed by atoms with van der Waals surface area (Å²) in [6.45, 7) is 0.469. The van der Waals surface area contributed by atoms with Crippen molar-refractivity contribution in [3.63, 3.8) is 0 Å². The van der Waals surface area contributed by atoms with E-state index in [1.807, 2.05) is 6.07 Å². The topological polar surface area (TPSA) is 42.2 Å². The van der Waals surface area contributed by atoms with Crippen molar-refractivity contribution in [3.8, 4) is 6.07 Å². The van der Waals surface area contributed by atoms with Gasteiger partial charge in [-0.15, -0.1) is 0 Å². The second kappa shape index (κ2) is 2.34. The van der Waals surface area contributed by atoms with E-state index in [9.17, 15) is 0 Å². The van der Waals surface area contributed by atoms with E-state index in [1.54, 1.807) is 6.08 Å². The summed E-state index contributed by atoms with van der Waals surface area (Å²) >= 11 is 0. The lowest BCUT2D eigenvalue weighted by Gasteiger charge is -1.90. The highest BCUT2D eigenvalue weighted by molar-refractivity contribution is 5.01. The normalized spacial score (nSPS) is 16.6. The summed E-state index contributed by atoms with van der Waals surface area (Å²) in [5.41, 5.74) is 0. The number of hydrogen-bond donors (Lipinski definition) is 0. The molecule has 0 unspecified atom stereocenters. The Hall–Kier alpha value is -1.01. The first-order valence-electron chi connectivity index (χ1n) is 2.29. The van der Waals surface area contributed by atoms with Gasteiger partial charge in [0, 0.05) is 0 Å². The van der Waals surface area contributed by atoms with E-state index in [0.29, 0.717) is 18.8 Å². The van der Waals surface area contributed by atoms with Gasteiger partial charge in [0.15, 0.2) is 5.76 Å².